The van der Waals surface area contributed by atoms with Crippen LogP contribution in [0.4, 0.5) is 5.69 Å². The maximum Gasteiger partial charge on any atom is 0.216 e. The molecule has 0 atom stereocenters. The predicted octanol–water partition coefficient (Wildman–Crippen LogP) is 3.21. The Bertz CT molecular complexity index is 612. The van der Waals surface area contributed by atoms with Crippen LogP contribution in [0.5, 0.6) is 0 Å². The van der Waals surface area contributed by atoms with E-state index in [2.05, 4.69) is 26.1 Å². The number of rotatable bonds is 5. The number of hydrogen-bond donors (Lipinski definition) is 0. The minimum Gasteiger partial charge on any atom is -0.426 e. The van der Waals surface area contributed by atoms with E-state index in [0.29, 0.717) is 5.89 Å². The van der Waals surface area contributed by atoms with Crippen molar-refractivity contribution in [2.24, 2.45) is 0 Å². The van der Waals surface area contributed by atoms with Gasteiger partial charge in [0.05, 0.1) is 0 Å². The summed E-state index contributed by atoms with van der Waals surface area (Å²) >= 11 is 6.06. The first-order valence-corrected chi connectivity index (χ1v) is 8.10. The second-order valence-corrected chi connectivity index (χ2v) is 6.06. The van der Waals surface area contributed by atoms with E-state index in [9.17, 15) is 0 Å². The fourth-order valence-corrected chi connectivity index (χ4v) is 2.98. The van der Waals surface area contributed by atoms with E-state index in [0.717, 1.165) is 56.5 Å². The van der Waals surface area contributed by atoms with E-state index in [-0.39, 0.29) is 12.4 Å². The van der Waals surface area contributed by atoms with Crippen molar-refractivity contribution in [3.63, 3.8) is 0 Å². The smallest absolute Gasteiger partial charge is 0.216 e. The van der Waals surface area contributed by atoms with Crippen LogP contribution in [0.25, 0.3) is 0 Å². The van der Waals surface area contributed by atoms with Crippen LogP contribution in [0, 0.1) is 6.92 Å². The van der Waals surface area contributed by atoms with Gasteiger partial charge in [0.25, 0.3) is 0 Å². The molecule has 1 fully saturated rings. The van der Waals surface area contributed by atoms with Crippen molar-refractivity contribution in [2.75, 3.05) is 37.6 Å². The van der Waals surface area contributed by atoms with Gasteiger partial charge in [-0.05, 0) is 31.2 Å². The zero-order valence-electron chi connectivity index (χ0n) is 13.2. The molecule has 7 heteroatoms. The van der Waals surface area contributed by atoms with Crippen LogP contribution in [-0.2, 0) is 6.42 Å². The predicted molar refractivity (Wildman–Crippen MR) is 94.7 cm³/mol. The van der Waals surface area contributed by atoms with Crippen molar-refractivity contribution < 1.29 is 4.42 Å². The average molecular weight is 357 g/mol. The van der Waals surface area contributed by atoms with Gasteiger partial charge in [0.15, 0.2) is 0 Å². The van der Waals surface area contributed by atoms with E-state index >= 15 is 0 Å². The van der Waals surface area contributed by atoms with Crippen molar-refractivity contribution >= 4 is 29.7 Å². The van der Waals surface area contributed by atoms with Gasteiger partial charge in [0, 0.05) is 50.2 Å². The summed E-state index contributed by atoms with van der Waals surface area (Å²) < 4.78 is 5.40. The van der Waals surface area contributed by atoms with Gasteiger partial charge in [-0.1, -0.05) is 17.7 Å². The summed E-state index contributed by atoms with van der Waals surface area (Å²) in [6, 6.07) is 8.09. The number of aryl methyl sites for hydroxylation is 2. The molecule has 1 saturated heterocycles. The molecular weight excluding hydrogens is 335 g/mol. The van der Waals surface area contributed by atoms with Crippen molar-refractivity contribution in [3.05, 3.63) is 41.1 Å². The number of piperazine rings is 1. The largest absolute Gasteiger partial charge is 0.426 e. The Morgan fingerprint density at radius 1 is 1.17 bits per heavy atom. The molecule has 1 aromatic carbocycles. The van der Waals surface area contributed by atoms with Crippen LogP contribution >= 0.6 is 24.0 Å². The molecule has 1 aliphatic rings. The van der Waals surface area contributed by atoms with Crippen LogP contribution in [0.2, 0.25) is 5.02 Å². The van der Waals surface area contributed by atoms with Crippen molar-refractivity contribution in [2.45, 2.75) is 19.8 Å². The Hall–Kier alpha value is -1.30. The Labute approximate surface area is 148 Å². The molecule has 0 saturated carbocycles. The highest BCUT2D eigenvalue weighted by molar-refractivity contribution is 6.30. The number of anilines is 1. The number of aromatic nitrogens is 2. The Morgan fingerprint density at radius 3 is 2.61 bits per heavy atom. The third-order valence-electron chi connectivity index (χ3n) is 3.98. The van der Waals surface area contributed by atoms with Gasteiger partial charge >= 0.3 is 0 Å². The lowest BCUT2D eigenvalue weighted by Gasteiger charge is -2.36. The monoisotopic (exact) mass is 356 g/mol. The van der Waals surface area contributed by atoms with Crippen molar-refractivity contribution in [1.82, 2.24) is 15.1 Å². The van der Waals surface area contributed by atoms with Crippen LogP contribution in [0.1, 0.15) is 18.2 Å². The molecule has 0 radical (unpaired) electrons. The fourth-order valence-electron chi connectivity index (χ4n) is 2.79. The highest BCUT2D eigenvalue weighted by Gasteiger charge is 2.17. The molecular formula is C16H22Cl2N4O. The number of hydrogen-bond acceptors (Lipinski definition) is 5. The SMILES string of the molecule is Cc1nnc(CCCN2CCN(c3cccc(Cl)c3)CC2)o1.Cl. The molecule has 1 aliphatic heterocycles. The lowest BCUT2D eigenvalue weighted by atomic mass is 10.2. The molecule has 3 rings (SSSR count). The molecule has 0 unspecified atom stereocenters. The Balaban J connectivity index is 0.00000192. The highest BCUT2D eigenvalue weighted by atomic mass is 35.5. The zero-order chi connectivity index (χ0) is 15.4. The fraction of sp³-hybridized carbons (Fsp3) is 0.500. The lowest BCUT2D eigenvalue weighted by Crippen LogP contribution is -2.46. The van der Waals surface area contributed by atoms with Gasteiger partial charge in [-0.15, -0.1) is 22.6 Å². The summed E-state index contributed by atoms with van der Waals surface area (Å²) in [4.78, 5) is 4.88. The second kappa shape index (κ2) is 8.52. The Kier molecular flexibility index (Phi) is 6.69. The maximum absolute atomic E-state index is 6.06. The van der Waals surface area contributed by atoms with Gasteiger partial charge < -0.3 is 9.32 Å². The first-order valence-electron chi connectivity index (χ1n) is 7.72. The van der Waals surface area contributed by atoms with E-state index in [1.54, 1.807) is 0 Å². The molecule has 5 nitrogen and oxygen atoms in total. The molecule has 0 amide bonds. The molecule has 2 heterocycles. The molecule has 1 aromatic heterocycles. The van der Waals surface area contributed by atoms with E-state index in [4.69, 9.17) is 16.0 Å². The quantitative estimate of drug-likeness (QED) is 0.822. The van der Waals surface area contributed by atoms with Gasteiger partial charge in [0.1, 0.15) is 0 Å². The van der Waals surface area contributed by atoms with Crippen LogP contribution in [0.3, 0.4) is 0 Å². The zero-order valence-corrected chi connectivity index (χ0v) is 14.8. The standard InChI is InChI=1S/C16H21ClN4O.ClH/c1-13-18-19-16(22-13)6-3-7-20-8-10-21(11-9-20)15-5-2-4-14(17)12-15;/h2,4-5,12H,3,6-11H2,1H3;1H. The average Bonchev–Trinajstić information content (AvgIpc) is 2.93. The summed E-state index contributed by atoms with van der Waals surface area (Å²) in [6.45, 7) is 7.14. The van der Waals surface area contributed by atoms with Crippen molar-refractivity contribution in [1.29, 1.82) is 0 Å². The van der Waals surface area contributed by atoms with E-state index < -0.39 is 0 Å². The van der Waals surface area contributed by atoms with Crippen LogP contribution in [-0.4, -0.2) is 47.8 Å². The summed E-state index contributed by atoms with van der Waals surface area (Å²) in [5.74, 6) is 1.39. The minimum atomic E-state index is 0. The highest BCUT2D eigenvalue weighted by Crippen LogP contribution is 2.20. The Morgan fingerprint density at radius 2 is 1.96 bits per heavy atom. The number of halogens is 2. The number of nitrogens with zero attached hydrogens (tertiary/aromatic N) is 4. The van der Waals surface area contributed by atoms with Gasteiger partial charge in [-0.3, -0.25) is 4.90 Å². The molecule has 0 spiro atoms. The molecule has 126 valence electrons. The van der Waals surface area contributed by atoms with Crippen molar-refractivity contribution in [3.8, 4) is 0 Å². The van der Waals surface area contributed by atoms with Gasteiger partial charge in [0.2, 0.25) is 11.8 Å². The van der Waals surface area contributed by atoms with Gasteiger partial charge in [-0.25, -0.2) is 0 Å². The van der Waals surface area contributed by atoms with Gasteiger partial charge in [-0.2, -0.15) is 0 Å². The first-order chi connectivity index (χ1) is 10.7. The molecule has 0 bridgehead atoms. The summed E-state index contributed by atoms with van der Waals surface area (Å²) in [5, 5.41) is 8.69. The molecule has 23 heavy (non-hydrogen) atoms. The minimum absolute atomic E-state index is 0. The number of benzene rings is 1. The second-order valence-electron chi connectivity index (χ2n) is 5.63. The third-order valence-corrected chi connectivity index (χ3v) is 4.21. The first kappa shape index (κ1) is 18.0. The maximum atomic E-state index is 6.06. The summed E-state index contributed by atoms with van der Waals surface area (Å²) in [6.07, 6.45) is 1.91. The normalized spacial score (nSPS) is 15.5. The van der Waals surface area contributed by atoms with Crippen LogP contribution < -0.4 is 4.90 Å². The van der Waals surface area contributed by atoms with Crippen LogP contribution in [0.15, 0.2) is 28.7 Å². The lowest BCUT2D eigenvalue weighted by molar-refractivity contribution is 0.252. The third kappa shape index (κ3) is 5.09. The molecule has 2 aromatic rings. The van der Waals surface area contributed by atoms with E-state index in [1.807, 2.05) is 25.1 Å². The summed E-state index contributed by atoms with van der Waals surface area (Å²) in [7, 11) is 0. The summed E-state index contributed by atoms with van der Waals surface area (Å²) in [5.41, 5.74) is 1.22. The topological polar surface area (TPSA) is 45.4 Å². The molecule has 0 aliphatic carbocycles. The molecule has 0 N–H and O–H groups in total. The van der Waals surface area contributed by atoms with E-state index in [1.165, 1.54) is 5.69 Å².